The van der Waals surface area contributed by atoms with E-state index in [1.165, 1.54) is 11.8 Å². The molecule has 3 aromatic carbocycles. The van der Waals surface area contributed by atoms with E-state index in [1.54, 1.807) is 25.3 Å². The highest BCUT2D eigenvalue weighted by atomic mass is 35.5. The maximum atomic E-state index is 12.6. The number of rotatable bonds is 9. The third-order valence-electron chi connectivity index (χ3n) is 4.92. The van der Waals surface area contributed by atoms with Gasteiger partial charge in [0.15, 0.2) is 11.0 Å². The minimum atomic E-state index is -0.244. The molecule has 35 heavy (non-hydrogen) atoms. The van der Waals surface area contributed by atoms with Gasteiger partial charge in [0.2, 0.25) is 5.91 Å². The third kappa shape index (κ3) is 6.08. The molecule has 10 heteroatoms. The molecule has 1 N–H and O–H groups in total. The molecule has 1 amide bonds. The fraction of sp³-hybridized carbons (Fsp3) is 0.160. The van der Waals surface area contributed by atoms with Crippen molar-refractivity contribution in [3.05, 3.63) is 76.8 Å². The monoisotopic (exact) mass is 528 g/mol. The van der Waals surface area contributed by atoms with Gasteiger partial charge in [0.25, 0.3) is 0 Å². The van der Waals surface area contributed by atoms with Crippen LogP contribution in [0.4, 0.5) is 5.69 Å². The van der Waals surface area contributed by atoms with Crippen molar-refractivity contribution in [3.63, 3.8) is 0 Å². The molecule has 0 radical (unpaired) electrons. The van der Waals surface area contributed by atoms with Crippen molar-refractivity contribution in [2.75, 3.05) is 24.8 Å². The number of carbonyl (C=O) groups excluding carboxylic acids is 1. The summed E-state index contributed by atoms with van der Waals surface area (Å²) in [5.41, 5.74) is 2.15. The van der Waals surface area contributed by atoms with E-state index < -0.39 is 0 Å². The lowest BCUT2D eigenvalue weighted by molar-refractivity contribution is -0.113. The standard InChI is InChI=1S/C25H22Cl2N4O3S/c1-3-34-20-11-7-18(8-12-20)31-24(16-4-9-19(33-2)10-5-16)29-30-25(31)35-15-23(32)28-22-14-17(26)6-13-21(22)27/h4-14H,3,15H2,1-2H3,(H,28,32). The number of thioether (sulfide) groups is 1. The van der Waals surface area contributed by atoms with Gasteiger partial charge in [0, 0.05) is 16.3 Å². The van der Waals surface area contributed by atoms with Gasteiger partial charge >= 0.3 is 0 Å². The van der Waals surface area contributed by atoms with Gasteiger partial charge in [0.1, 0.15) is 11.5 Å². The zero-order valence-electron chi connectivity index (χ0n) is 19.0. The second kappa shape index (κ2) is 11.5. The Morgan fingerprint density at radius 2 is 1.71 bits per heavy atom. The molecule has 0 bridgehead atoms. The summed E-state index contributed by atoms with van der Waals surface area (Å²) in [6.07, 6.45) is 0. The zero-order valence-corrected chi connectivity index (χ0v) is 21.3. The van der Waals surface area contributed by atoms with Crippen molar-refractivity contribution in [2.24, 2.45) is 0 Å². The van der Waals surface area contributed by atoms with Crippen LogP contribution in [0.2, 0.25) is 10.0 Å². The molecule has 0 aliphatic rings. The Balaban J connectivity index is 1.61. The van der Waals surface area contributed by atoms with Gasteiger partial charge in [0.05, 0.1) is 30.2 Å². The molecular formula is C25H22Cl2N4O3S. The summed E-state index contributed by atoms with van der Waals surface area (Å²) >= 11 is 13.4. The van der Waals surface area contributed by atoms with E-state index in [0.717, 1.165) is 22.7 Å². The third-order valence-corrected chi connectivity index (χ3v) is 6.42. The summed E-state index contributed by atoms with van der Waals surface area (Å²) in [6.45, 7) is 2.52. The molecule has 0 spiro atoms. The highest BCUT2D eigenvalue weighted by Crippen LogP contribution is 2.30. The number of amides is 1. The van der Waals surface area contributed by atoms with Crippen molar-refractivity contribution >= 4 is 46.6 Å². The van der Waals surface area contributed by atoms with E-state index in [9.17, 15) is 4.79 Å². The molecule has 4 rings (SSSR count). The number of carbonyl (C=O) groups is 1. The highest BCUT2D eigenvalue weighted by molar-refractivity contribution is 7.99. The van der Waals surface area contributed by atoms with Crippen LogP contribution in [0.1, 0.15) is 6.92 Å². The summed E-state index contributed by atoms with van der Waals surface area (Å²) < 4.78 is 12.7. The molecule has 0 saturated carbocycles. The quantitative estimate of drug-likeness (QED) is 0.254. The van der Waals surface area contributed by atoms with Gasteiger partial charge in [-0.2, -0.15) is 0 Å². The number of hydrogen-bond acceptors (Lipinski definition) is 6. The summed E-state index contributed by atoms with van der Waals surface area (Å²) in [5.74, 6) is 2.00. The molecule has 0 aliphatic carbocycles. The Morgan fingerprint density at radius 1 is 1.00 bits per heavy atom. The number of hydrogen-bond donors (Lipinski definition) is 1. The van der Waals surface area contributed by atoms with Gasteiger partial charge in [-0.1, -0.05) is 35.0 Å². The second-order valence-corrected chi connectivity index (χ2v) is 9.04. The molecular weight excluding hydrogens is 507 g/mol. The lowest BCUT2D eigenvalue weighted by Gasteiger charge is -2.12. The second-order valence-electron chi connectivity index (χ2n) is 7.26. The van der Waals surface area contributed by atoms with E-state index in [-0.39, 0.29) is 11.7 Å². The maximum absolute atomic E-state index is 12.6. The van der Waals surface area contributed by atoms with Crippen LogP contribution < -0.4 is 14.8 Å². The van der Waals surface area contributed by atoms with Gasteiger partial charge < -0.3 is 14.8 Å². The first kappa shape index (κ1) is 24.9. The first-order valence-electron chi connectivity index (χ1n) is 10.7. The number of halogens is 2. The van der Waals surface area contributed by atoms with E-state index in [4.69, 9.17) is 32.7 Å². The number of nitrogens with one attached hydrogen (secondary N) is 1. The van der Waals surface area contributed by atoms with Crippen molar-refractivity contribution in [2.45, 2.75) is 12.1 Å². The SMILES string of the molecule is CCOc1ccc(-n2c(SCC(=O)Nc3cc(Cl)ccc3Cl)nnc2-c2ccc(OC)cc2)cc1. The zero-order chi connectivity index (χ0) is 24.8. The largest absolute Gasteiger partial charge is 0.497 e. The average Bonchev–Trinajstić information content (AvgIpc) is 3.29. The number of ether oxygens (including phenoxy) is 2. The van der Waals surface area contributed by atoms with Gasteiger partial charge in [-0.25, -0.2) is 0 Å². The molecule has 1 heterocycles. The Morgan fingerprint density at radius 3 is 2.40 bits per heavy atom. The Hall–Kier alpha value is -3.20. The molecule has 7 nitrogen and oxygen atoms in total. The van der Waals surface area contributed by atoms with Crippen LogP contribution in [-0.4, -0.2) is 40.1 Å². The molecule has 0 aliphatic heterocycles. The minimum Gasteiger partial charge on any atom is -0.497 e. The average molecular weight is 529 g/mol. The smallest absolute Gasteiger partial charge is 0.234 e. The summed E-state index contributed by atoms with van der Waals surface area (Å²) in [4.78, 5) is 12.6. The van der Waals surface area contributed by atoms with Crippen molar-refractivity contribution in [1.82, 2.24) is 14.8 Å². The summed E-state index contributed by atoms with van der Waals surface area (Å²) in [6, 6.07) is 20.1. The van der Waals surface area contributed by atoms with Crippen LogP contribution in [0.5, 0.6) is 11.5 Å². The van der Waals surface area contributed by atoms with Gasteiger partial charge in [-0.3, -0.25) is 9.36 Å². The summed E-state index contributed by atoms with van der Waals surface area (Å²) in [5, 5.41) is 13.0. The molecule has 4 aromatic rings. The molecule has 1 aromatic heterocycles. The number of anilines is 1. The fourth-order valence-electron chi connectivity index (χ4n) is 3.29. The van der Waals surface area contributed by atoms with Crippen LogP contribution in [0.15, 0.2) is 71.9 Å². The van der Waals surface area contributed by atoms with Crippen molar-refractivity contribution in [1.29, 1.82) is 0 Å². The number of methoxy groups -OCH3 is 1. The predicted octanol–water partition coefficient (Wildman–Crippen LogP) is 6.38. The van der Waals surface area contributed by atoms with E-state index in [0.29, 0.717) is 33.3 Å². The lowest BCUT2D eigenvalue weighted by atomic mass is 10.2. The lowest BCUT2D eigenvalue weighted by Crippen LogP contribution is -2.15. The van der Waals surface area contributed by atoms with Crippen LogP contribution in [0, 0.1) is 0 Å². The summed E-state index contributed by atoms with van der Waals surface area (Å²) in [7, 11) is 1.62. The maximum Gasteiger partial charge on any atom is 0.234 e. The molecule has 0 fully saturated rings. The van der Waals surface area contributed by atoms with Crippen LogP contribution in [-0.2, 0) is 4.79 Å². The Kier molecular flexibility index (Phi) is 8.17. The fourth-order valence-corrected chi connectivity index (χ4v) is 4.38. The van der Waals surface area contributed by atoms with Crippen LogP contribution >= 0.6 is 35.0 Å². The van der Waals surface area contributed by atoms with Crippen LogP contribution in [0.25, 0.3) is 17.1 Å². The van der Waals surface area contributed by atoms with Crippen molar-refractivity contribution < 1.29 is 14.3 Å². The first-order valence-corrected chi connectivity index (χ1v) is 12.4. The Labute approximate surface area is 217 Å². The molecule has 0 unspecified atom stereocenters. The van der Waals surface area contributed by atoms with E-state index in [1.807, 2.05) is 60.0 Å². The van der Waals surface area contributed by atoms with Crippen molar-refractivity contribution in [3.8, 4) is 28.6 Å². The predicted molar refractivity (Wildman–Crippen MR) is 140 cm³/mol. The van der Waals surface area contributed by atoms with Gasteiger partial charge in [-0.15, -0.1) is 10.2 Å². The van der Waals surface area contributed by atoms with E-state index >= 15 is 0 Å². The normalized spacial score (nSPS) is 10.7. The first-order chi connectivity index (χ1) is 17.0. The van der Waals surface area contributed by atoms with Gasteiger partial charge in [-0.05, 0) is 73.7 Å². The number of benzene rings is 3. The topological polar surface area (TPSA) is 78.3 Å². The molecule has 180 valence electrons. The highest BCUT2D eigenvalue weighted by Gasteiger charge is 2.18. The molecule has 0 atom stereocenters. The van der Waals surface area contributed by atoms with Crippen LogP contribution in [0.3, 0.4) is 0 Å². The minimum absolute atomic E-state index is 0.0978. The number of nitrogens with zero attached hydrogens (tertiary/aromatic N) is 3. The Bertz CT molecular complexity index is 1310. The van der Waals surface area contributed by atoms with E-state index in [2.05, 4.69) is 15.5 Å². The number of aromatic nitrogens is 3. The molecule has 0 saturated heterocycles.